The highest BCUT2D eigenvalue weighted by Gasteiger charge is 2.12. The number of carbonyl (C=O) groups excluding carboxylic acids is 1. The van der Waals surface area contributed by atoms with E-state index in [4.69, 9.17) is 0 Å². The summed E-state index contributed by atoms with van der Waals surface area (Å²) in [6, 6.07) is 4.55. The van der Waals surface area contributed by atoms with Crippen LogP contribution in [0.2, 0.25) is 0 Å². The van der Waals surface area contributed by atoms with Crippen molar-refractivity contribution in [2.45, 2.75) is 6.92 Å². The van der Waals surface area contributed by atoms with Gasteiger partial charge in [0.15, 0.2) is 0 Å². The molecule has 0 atom stereocenters. The van der Waals surface area contributed by atoms with Crippen LogP contribution in [0.5, 0.6) is 0 Å². The van der Waals surface area contributed by atoms with Gasteiger partial charge in [0.25, 0.3) is 5.91 Å². The summed E-state index contributed by atoms with van der Waals surface area (Å²) in [6.45, 7) is 3.00. The molecule has 0 aliphatic heterocycles. The maximum atomic E-state index is 13.3. The van der Waals surface area contributed by atoms with Gasteiger partial charge in [0, 0.05) is 25.7 Å². The summed E-state index contributed by atoms with van der Waals surface area (Å²) in [4.78, 5) is 13.4. The van der Waals surface area contributed by atoms with Crippen LogP contribution in [0.25, 0.3) is 0 Å². The molecule has 1 N–H and O–H groups in total. The molecule has 17 heavy (non-hydrogen) atoms. The molecule has 0 aliphatic rings. The van der Waals surface area contributed by atoms with Crippen LogP contribution in [0.3, 0.4) is 0 Å². The number of amides is 1. The standard InChI is InChI=1S/C12H17FN2O.ClH/c1-9-4-5-10(8-11(9)13)12(16)15(3)7-6-14-2;/h4-5,8,14H,6-7H2,1-3H3;1H. The summed E-state index contributed by atoms with van der Waals surface area (Å²) < 4.78 is 13.3. The first kappa shape index (κ1) is 15.9. The van der Waals surface area contributed by atoms with E-state index in [-0.39, 0.29) is 24.1 Å². The molecule has 1 aromatic rings. The molecule has 0 fully saturated rings. The zero-order valence-corrected chi connectivity index (χ0v) is 11.1. The quantitative estimate of drug-likeness (QED) is 0.896. The fraction of sp³-hybridized carbons (Fsp3) is 0.417. The predicted molar refractivity (Wildman–Crippen MR) is 69.3 cm³/mol. The van der Waals surface area contributed by atoms with Crippen molar-refractivity contribution in [1.29, 1.82) is 0 Å². The maximum Gasteiger partial charge on any atom is 0.253 e. The SMILES string of the molecule is CNCCN(C)C(=O)c1ccc(C)c(F)c1.Cl. The molecular formula is C12H18ClFN2O. The van der Waals surface area contributed by atoms with Crippen LogP contribution in [-0.2, 0) is 0 Å². The van der Waals surface area contributed by atoms with Crippen LogP contribution in [0.4, 0.5) is 4.39 Å². The van der Waals surface area contributed by atoms with Crippen molar-refractivity contribution >= 4 is 18.3 Å². The third kappa shape index (κ3) is 4.32. The van der Waals surface area contributed by atoms with Gasteiger partial charge < -0.3 is 10.2 Å². The second kappa shape index (κ2) is 7.25. The Kier molecular flexibility index (Phi) is 6.76. The van der Waals surface area contributed by atoms with Gasteiger partial charge in [-0.15, -0.1) is 12.4 Å². The van der Waals surface area contributed by atoms with E-state index in [1.165, 1.54) is 6.07 Å². The van der Waals surface area contributed by atoms with Crippen molar-refractivity contribution in [3.05, 3.63) is 35.1 Å². The lowest BCUT2D eigenvalue weighted by molar-refractivity contribution is 0.0796. The summed E-state index contributed by atoms with van der Waals surface area (Å²) in [6.07, 6.45) is 0. The third-order valence-electron chi connectivity index (χ3n) is 2.46. The molecule has 96 valence electrons. The fourth-order valence-corrected chi connectivity index (χ4v) is 1.33. The second-order valence-electron chi connectivity index (χ2n) is 3.79. The number of nitrogens with one attached hydrogen (secondary N) is 1. The highest BCUT2D eigenvalue weighted by molar-refractivity contribution is 5.94. The van der Waals surface area contributed by atoms with Gasteiger partial charge in [-0.25, -0.2) is 4.39 Å². The molecule has 1 rings (SSSR count). The monoisotopic (exact) mass is 260 g/mol. The van der Waals surface area contributed by atoms with Crippen LogP contribution in [0.15, 0.2) is 18.2 Å². The molecule has 3 nitrogen and oxygen atoms in total. The Morgan fingerprint density at radius 1 is 1.47 bits per heavy atom. The summed E-state index contributed by atoms with van der Waals surface area (Å²) in [5.41, 5.74) is 0.941. The number of benzene rings is 1. The number of carbonyl (C=O) groups is 1. The summed E-state index contributed by atoms with van der Waals surface area (Å²) in [5.74, 6) is -0.498. The first-order chi connectivity index (χ1) is 7.56. The summed E-state index contributed by atoms with van der Waals surface area (Å²) in [5, 5.41) is 2.96. The largest absolute Gasteiger partial charge is 0.340 e. The fourth-order valence-electron chi connectivity index (χ4n) is 1.33. The normalized spacial score (nSPS) is 9.65. The smallest absolute Gasteiger partial charge is 0.253 e. The first-order valence-electron chi connectivity index (χ1n) is 5.22. The number of halogens is 2. The number of rotatable bonds is 4. The van der Waals surface area contributed by atoms with Crippen LogP contribution < -0.4 is 5.32 Å². The molecule has 0 saturated carbocycles. The van der Waals surface area contributed by atoms with Gasteiger partial charge in [-0.3, -0.25) is 4.79 Å². The molecule has 0 saturated heterocycles. The first-order valence-corrected chi connectivity index (χ1v) is 5.22. The Labute approximate surface area is 107 Å². The number of aryl methyl sites for hydroxylation is 1. The van der Waals surface area contributed by atoms with Gasteiger partial charge in [-0.2, -0.15) is 0 Å². The lowest BCUT2D eigenvalue weighted by Crippen LogP contribution is -2.32. The van der Waals surface area contributed by atoms with Crippen LogP contribution in [0.1, 0.15) is 15.9 Å². The Morgan fingerprint density at radius 2 is 2.12 bits per heavy atom. The lowest BCUT2D eigenvalue weighted by atomic mass is 10.1. The minimum Gasteiger partial charge on any atom is -0.340 e. The molecule has 1 aromatic carbocycles. The van der Waals surface area contributed by atoms with E-state index >= 15 is 0 Å². The van der Waals surface area contributed by atoms with Crippen molar-refractivity contribution in [2.75, 3.05) is 27.2 Å². The van der Waals surface area contributed by atoms with Crippen molar-refractivity contribution < 1.29 is 9.18 Å². The average Bonchev–Trinajstić information content (AvgIpc) is 2.28. The number of hydrogen-bond donors (Lipinski definition) is 1. The van der Waals surface area contributed by atoms with Crippen molar-refractivity contribution in [3.8, 4) is 0 Å². The number of hydrogen-bond acceptors (Lipinski definition) is 2. The molecule has 0 aromatic heterocycles. The topological polar surface area (TPSA) is 32.3 Å². The molecule has 0 unspecified atom stereocenters. The molecule has 0 bridgehead atoms. The summed E-state index contributed by atoms with van der Waals surface area (Å²) in [7, 11) is 3.53. The van der Waals surface area contributed by atoms with E-state index in [0.717, 1.165) is 6.54 Å². The third-order valence-corrected chi connectivity index (χ3v) is 2.46. The highest BCUT2D eigenvalue weighted by atomic mass is 35.5. The zero-order valence-electron chi connectivity index (χ0n) is 10.3. The Bertz CT molecular complexity index is 385. The van der Waals surface area contributed by atoms with E-state index in [1.54, 1.807) is 31.0 Å². The zero-order chi connectivity index (χ0) is 12.1. The van der Waals surface area contributed by atoms with Crippen molar-refractivity contribution in [3.63, 3.8) is 0 Å². The highest BCUT2D eigenvalue weighted by Crippen LogP contribution is 2.10. The van der Waals surface area contributed by atoms with Gasteiger partial charge in [0.2, 0.25) is 0 Å². The van der Waals surface area contributed by atoms with E-state index in [9.17, 15) is 9.18 Å². The molecule has 1 amide bonds. The average molecular weight is 261 g/mol. The molecule has 5 heteroatoms. The molecule has 0 heterocycles. The van der Waals surface area contributed by atoms with Gasteiger partial charge in [0.1, 0.15) is 5.82 Å². The predicted octanol–water partition coefficient (Wildman–Crippen LogP) is 1.85. The molecule has 0 aliphatic carbocycles. The van der Waals surface area contributed by atoms with E-state index in [0.29, 0.717) is 17.7 Å². The molecular weight excluding hydrogens is 243 g/mol. The minimum absolute atomic E-state index is 0. The molecule has 0 spiro atoms. The van der Waals surface area contributed by atoms with Crippen LogP contribution >= 0.6 is 12.4 Å². The minimum atomic E-state index is -0.340. The van der Waals surface area contributed by atoms with Gasteiger partial charge >= 0.3 is 0 Å². The number of nitrogens with zero attached hydrogens (tertiary/aromatic N) is 1. The maximum absolute atomic E-state index is 13.3. The van der Waals surface area contributed by atoms with E-state index in [2.05, 4.69) is 5.32 Å². The Hall–Kier alpha value is -1.13. The second-order valence-corrected chi connectivity index (χ2v) is 3.79. The Morgan fingerprint density at radius 3 is 2.65 bits per heavy atom. The number of likely N-dealkylation sites (N-methyl/N-ethyl adjacent to an activating group) is 2. The van der Waals surface area contributed by atoms with Gasteiger partial charge in [0.05, 0.1) is 0 Å². The van der Waals surface area contributed by atoms with Crippen molar-refractivity contribution in [2.24, 2.45) is 0 Å². The van der Waals surface area contributed by atoms with Crippen LogP contribution in [-0.4, -0.2) is 38.0 Å². The lowest BCUT2D eigenvalue weighted by Gasteiger charge is -2.17. The van der Waals surface area contributed by atoms with Gasteiger partial charge in [-0.05, 0) is 31.7 Å². The summed E-state index contributed by atoms with van der Waals surface area (Å²) >= 11 is 0. The van der Waals surface area contributed by atoms with Gasteiger partial charge in [-0.1, -0.05) is 6.07 Å². The van der Waals surface area contributed by atoms with E-state index < -0.39 is 0 Å². The van der Waals surface area contributed by atoms with Crippen LogP contribution in [0, 0.1) is 12.7 Å². The van der Waals surface area contributed by atoms with Crippen molar-refractivity contribution in [1.82, 2.24) is 10.2 Å². The van der Waals surface area contributed by atoms with E-state index in [1.807, 2.05) is 7.05 Å². The Balaban J connectivity index is 0.00000256. The molecule has 0 radical (unpaired) electrons.